The molecule has 0 aromatic rings. The number of hydrogen-bond acceptors (Lipinski definition) is 1. The summed E-state index contributed by atoms with van der Waals surface area (Å²) in [5.74, 6) is 0. The fourth-order valence-corrected chi connectivity index (χ4v) is 0.204. The van der Waals surface area contributed by atoms with E-state index in [2.05, 4.69) is 0 Å². The van der Waals surface area contributed by atoms with E-state index >= 15 is 0 Å². The van der Waals surface area contributed by atoms with E-state index in [-0.39, 0.29) is 26.7 Å². The van der Waals surface area contributed by atoms with E-state index in [1.807, 2.05) is 13.8 Å². The zero-order valence-electron chi connectivity index (χ0n) is 11.1. The first-order chi connectivity index (χ1) is 9.49. The second-order valence-corrected chi connectivity index (χ2v) is 5.33. The van der Waals surface area contributed by atoms with Crippen LogP contribution >= 0.6 is 116 Å². The van der Waals surface area contributed by atoms with E-state index in [0.29, 0.717) is 0 Å². The summed E-state index contributed by atoms with van der Waals surface area (Å²) in [6.07, 6.45) is 0. The molecule has 0 heterocycles. The summed E-state index contributed by atoms with van der Waals surface area (Å²) in [5, 5.41) is 0.972. The first kappa shape index (κ1) is 38.4. The first-order valence-electron chi connectivity index (χ1n) is 4.66. The van der Waals surface area contributed by atoms with Gasteiger partial charge in [0, 0.05) is 13.2 Å². The lowest BCUT2D eigenvalue weighted by molar-refractivity contribution is 0.162. The van der Waals surface area contributed by atoms with Crippen LogP contribution in [0, 0.1) is 0 Å². The lowest BCUT2D eigenvalue weighted by Crippen LogP contribution is -1.84. The van der Waals surface area contributed by atoms with Gasteiger partial charge in [0.05, 0.1) is 26.7 Å². The van der Waals surface area contributed by atoms with E-state index in [0.717, 1.165) is 13.2 Å². The fraction of sp³-hybridized carbons (Fsp3) is 1.00. The highest BCUT2D eigenvalue weighted by Gasteiger charge is 1.64. The Morgan fingerprint density at radius 1 is 0.450 bits per heavy atom. The fourth-order valence-electron chi connectivity index (χ4n) is 0.204. The highest BCUT2D eigenvalue weighted by atomic mass is 35.5. The predicted octanol–water partition coefficient (Wildman–Crippen LogP) is 8.15. The molecular weight excluding hydrogens is 479 g/mol. The second kappa shape index (κ2) is 80.7. The van der Waals surface area contributed by atoms with Crippen molar-refractivity contribution in [3.05, 3.63) is 0 Å². The molecule has 0 saturated carbocycles. The second-order valence-electron chi connectivity index (χ2n) is 1.29. The molecule has 11 heteroatoms. The largest absolute Gasteiger partial charge is 0.382 e. The van der Waals surface area contributed by atoms with Crippen LogP contribution in [0.5, 0.6) is 0 Å². The van der Waals surface area contributed by atoms with Gasteiger partial charge in [0.1, 0.15) is 0 Å². The number of ether oxygens (including phenoxy) is 1. The Morgan fingerprint density at radius 2 is 0.550 bits per heavy atom. The average molecular weight is 499 g/mol. The van der Waals surface area contributed by atoms with Gasteiger partial charge in [0.25, 0.3) is 0 Å². The van der Waals surface area contributed by atoms with Gasteiger partial charge >= 0.3 is 0 Å². The van der Waals surface area contributed by atoms with Crippen LogP contribution in [0.2, 0.25) is 0 Å². The summed E-state index contributed by atoms with van der Waals surface area (Å²) < 4.78 is 4.83. The number of hydrogen-bond donors (Lipinski definition) is 0. The molecule has 0 bridgehead atoms. The van der Waals surface area contributed by atoms with Gasteiger partial charge in [-0.15, -0.1) is 116 Å². The van der Waals surface area contributed by atoms with Gasteiger partial charge in [-0.2, -0.15) is 0 Å². The molecule has 0 aromatic carbocycles. The van der Waals surface area contributed by atoms with Gasteiger partial charge < -0.3 is 4.74 Å². The molecule has 0 atom stereocenters. The van der Waals surface area contributed by atoms with Crippen LogP contribution < -0.4 is 0 Å². The maximum absolute atomic E-state index is 4.83. The Labute approximate surface area is 173 Å². The Kier molecular flexibility index (Phi) is 155. The minimum atomic E-state index is 0.194. The van der Waals surface area contributed by atoms with Crippen molar-refractivity contribution >= 4 is 116 Å². The van der Waals surface area contributed by atoms with Gasteiger partial charge in [-0.3, -0.25) is 0 Å². The standard InChI is InChI=1S/C4H10O.5CH2Cl2/c1-3-5-4-2;5*2-1-3/h3-4H2,1-2H3;5*1H2. The van der Waals surface area contributed by atoms with Crippen LogP contribution in [0.1, 0.15) is 13.8 Å². The lowest BCUT2D eigenvalue weighted by Gasteiger charge is -1.86. The molecule has 0 unspecified atom stereocenters. The van der Waals surface area contributed by atoms with Crippen molar-refractivity contribution in [3.8, 4) is 0 Å². The maximum atomic E-state index is 4.83. The molecule has 0 aliphatic carbocycles. The van der Waals surface area contributed by atoms with Crippen molar-refractivity contribution < 1.29 is 4.74 Å². The molecule has 0 aromatic heterocycles. The Balaban J connectivity index is -0.0000000299. The molecule has 0 rings (SSSR count). The molecule has 0 aliphatic heterocycles. The van der Waals surface area contributed by atoms with Crippen molar-refractivity contribution in [1.29, 1.82) is 0 Å². The van der Waals surface area contributed by atoms with Crippen molar-refractivity contribution in [1.82, 2.24) is 0 Å². The highest BCUT2D eigenvalue weighted by Crippen LogP contribution is 1.74. The molecule has 0 spiro atoms. The molecule has 0 amide bonds. The number of rotatable bonds is 2. The summed E-state index contributed by atoms with van der Waals surface area (Å²) in [4.78, 5) is 0. The summed E-state index contributed by atoms with van der Waals surface area (Å²) in [6, 6.07) is 0. The third-order valence-corrected chi connectivity index (χ3v) is 0.408. The van der Waals surface area contributed by atoms with Gasteiger partial charge in [-0.1, -0.05) is 0 Å². The van der Waals surface area contributed by atoms with Gasteiger partial charge in [-0.05, 0) is 13.8 Å². The Morgan fingerprint density at radius 3 is 0.550 bits per heavy atom. The van der Waals surface area contributed by atoms with Crippen molar-refractivity contribution in [2.24, 2.45) is 0 Å². The van der Waals surface area contributed by atoms with E-state index in [1.54, 1.807) is 0 Å². The van der Waals surface area contributed by atoms with E-state index < -0.39 is 0 Å². The molecule has 0 saturated heterocycles. The molecule has 1 nitrogen and oxygen atoms in total. The van der Waals surface area contributed by atoms with Crippen LogP contribution in [0.3, 0.4) is 0 Å². The SMILES string of the molecule is CCOCC.ClCCl.ClCCl.ClCCl.ClCCl.ClCCl. The van der Waals surface area contributed by atoms with Gasteiger partial charge in [0.15, 0.2) is 0 Å². The third kappa shape index (κ3) is 348. The smallest absolute Gasteiger partial charge is 0.0967 e. The van der Waals surface area contributed by atoms with Gasteiger partial charge in [-0.25, -0.2) is 0 Å². The van der Waals surface area contributed by atoms with Crippen molar-refractivity contribution in [3.63, 3.8) is 0 Å². The highest BCUT2D eigenvalue weighted by molar-refractivity contribution is 6.41. The quantitative estimate of drug-likeness (QED) is 0.349. The van der Waals surface area contributed by atoms with Crippen LogP contribution in [0.25, 0.3) is 0 Å². The van der Waals surface area contributed by atoms with Crippen molar-refractivity contribution in [2.75, 3.05) is 39.9 Å². The molecule has 0 aliphatic rings. The normalized spacial score (nSPS) is 6.60. The van der Waals surface area contributed by atoms with Crippen LogP contribution in [-0.4, -0.2) is 39.9 Å². The van der Waals surface area contributed by atoms with E-state index in [4.69, 9.17) is 121 Å². The summed E-state index contributed by atoms with van der Waals surface area (Å²) in [6.45, 7) is 5.67. The minimum absolute atomic E-state index is 0.194. The summed E-state index contributed by atoms with van der Waals surface area (Å²) >= 11 is 47.6. The number of alkyl halides is 10. The monoisotopic (exact) mass is 494 g/mol. The number of halogens is 10. The average Bonchev–Trinajstić information content (AvgIpc) is 2.35. The van der Waals surface area contributed by atoms with E-state index in [9.17, 15) is 0 Å². The molecule has 0 radical (unpaired) electrons. The molecule has 20 heavy (non-hydrogen) atoms. The molecule has 0 N–H and O–H groups in total. The van der Waals surface area contributed by atoms with Crippen LogP contribution in [0.4, 0.5) is 0 Å². The Hall–Kier alpha value is 2.86. The molecular formula is C9H20Cl10O. The van der Waals surface area contributed by atoms with Crippen molar-refractivity contribution in [2.45, 2.75) is 13.8 Å². The molecule has 132 valence electrons. The summed E-state index contributed by atoms with van der Waals surface area (Å²) in [7, 11) is 0. The predicted molar refractivity (Wildman–Crippen MR) is 105 cm³/mol. The third-order valence-electron chi connectivity index (χ3n) is 0.408. The zero-order valence-corrected chi connectivity index (χ0v) is 18.7. The maximum Gasteiger partial charge on any atom is 0.0967 e. The van der Waals surface area contributed by atoms with E-state index in [1.165, 1.54) is 0 Å². The first-order valence-corrected chi connectivity index (χ1v) is 10.0. The topological polar surface area (TPSA) is 9.23 Å². The Bertz CT molecular complexity index is 59.1. The zero-order chi connectivity index (χ0) is 17.7. The minimum Gasteiger partial charge on any atom is -0.382 e. The summed E-state index contributed by atoms with van der Waals surface area (Å²) in [5.41, 5.74) is 0. The van der Waals surface area contributed by atoms with Crippen LogP contribution in [-0.2, 0) is 4.74 Å². The lowest BCUT2D eigenvalue weighted by atomic mass is 10.8. The van der Waals surface area contributed by atoms with Crippen LogP contribution in [0.15, 0.2) is 0 Å². The van der Waals surface area contributed by atoms with Gasteiger partial charge in [0.2, 0.25) is 0 Å². The molecule has 0 fully saturated rings.